The van der Waals surface area contributed by atoms with E-state index in [4.69, 9.17) is 0 Å². The lowest BCUT2D eigenvalue weighted by molar-refractivity contribution is 0.369. The van der Waals surface area contributed by atoms with Gasteiger partial charge in [0.15, 0.2) is 0 Å². The molecule has 21 heavy (non-hydrogen) atoms. The number of aromatic nitrogens is 2. The van der Waals surface area contributed by atoms with E-state index in [2.05, 4.69) is 44.7 Å². The summed E-state index contributed by atoms with van der Waals surface area (Å²) in [5.74, 6) is 0. The van der Waals surface area contributed by atoms with Gasteiger partial charge in [0.25, 0.3) is 0 Å². The van der Waals surface area contributed by atoms with E-state index in [1.165, 1.54) is 31.5 Å². The lowest BCUT2D eigenvalue weighted by Crippen LogP contribution is -2.29. The highest BCUT2D eigenvalue weighted by Gasteiger charge is 2.41. The first-order valence-electron chi connectivity index (χ1n) is 7.65. The second-order valence-electron chi connectivity index (χ2n) is 6.24. The lowest BCUT2D eigenvalue weighted by Gasteiger charge is -2.21. The van der Waals surface area contributed by atoms with Gasteiger partial charge in [-0.25, -0.2) is 0 Å². The molecule has 0 radical (unpaired) electrons. The van der Waals surface area contributed by atoms with Crippen molar-refractivity contribution in [3.8, 4) is 0 Å². The topological polar surface area (TPSA) is 41.1 Å². The lowest BCUT2D eigenvalue weighted by atomic mass is 9.87. The molecule has 1 N–H and O–H groups in total. The van der Waals surface area contributed by atoms with Gasteiger partial charge in [0.05, 0.1) is 0 Å². The van der Waals surface area contributed by atoms with E-state index in [0.717, 1.165) is 29.6 Å². The summed E-state index contributed by atoms with van der Waals surface area (Å²) < 4.78 is 0. The molecule has 2 aliphatic heterocycles. The summed E-state index contributed by atoms with van der Waals surface area (Å²) in [6.07, 6.45) is 3.48. The Morgan fingerprint density at radius 2 is 2.10 bits per heavy atom. The molecule has 4 nitrogen and oxygen atoms in total. The first-order valence-corrected chi connectivity index (χ1v) is 8.47. The van der Waals surface area contributed by atoms with Gasteiger partial charge >= 0.3 is 0 Å². The molecule has 1 unspecified atom stereocenters. The van der Waals surface area contributed by atoms with Crippen molar-refractivity contribution >= 4 is 16.5 Å². The normalized spacial score (nSPS) is 25.0. The Morgan fingerprint density at radius 3 is 2.90 bits per heavy atom. The zero-order valence-electron chi connectivity index (χ0n) is 12.1. The molecule has 0 aliphatic carbocycles. The van der Waals surface area contributed by atoms with E-state index < -0.39 is 0 Å². The Morgan fingerprint density at radius 1 is 1.19 bits per heavy atom. The zero-order valence-corrected chi connectivity index (χ0v) is 12.9. The summed E-state index contributed by atoms with van der Waals surface area (Å²) >= 11 is 1.75. The zero-order chi connectivity index (χ0) is 14.1. The minimum atomic E-state index is 0.491. The maximum Gasteiger partial charge on any atom is 0.208 e. The van der Waals surface area contributed by atoms with Gasteiger partial charge in [-0.1, -0.05) is 41.7 Å². The first kappa shape index (κ1) is 13.2. The SMILES string of the molecule is c1ccc(Cc2nnc(N3CCC4(CCNC4)C3)s2)cc1. The number of hydrogen-bond donors (Lipinski definition) is 1. The fraction of sp³-hybridized carbons (Fsp3) is 0.500. The van der Waals surface area contributed by atoms with Crippen LogP contribution >= 0.6 is 11.3 Å². The summed E-state index contributed by atoms with van der Waals surface area (Å²) in [7, 11) is 0. The molecule has 1 aromatic carbocycles. The van der Waals surface area contributed by atoms with Gasteiger partial charge in [-0.05, 0) is 24.9 Å². The highest BCUT2D eigenvalue weighted by molar-refractivity contribution is 7.15. The van der Waals surface area contributed by atoms with E-state index >= 15 is 0 Å². The van der Waals surface area contributed by atoms with E-state index in [-0.39, 0.29) is 0 Å². The highest BCUT2D eigenvalue weighted by Crippen LogP contribution is 2.38. The Labute approximate surface area is 129 Å². The molecular formula is C16H20N4S. The Hall–Kier alpha value is -1.46. The van der Waals surface area contributed by atoms with Gasteiger partial charge in [0.1, 0.15) is 5.01 Å². The van der Waals surface area contributed by atoms with Crippen LogP contribution in [0.25, 0.3) is 0 Å². The summed E-state index contributed by atoms with van der Waals surface area (Å²) in [6, 6.07) is 10.5. The molecule has 2 fully saturated rings. The average Bonchev–Trinajstić information content (AvgIpc) is 3.23. The van der Waals surface area contributed by atoms with Crippen molar-refractivity contribution in [1.29, 1.82) is 0 Å². The van der Waals surface area contributed by atoms with Crippen LogP contribution in [0, 0.1) is 5.41 Å². The fourth-order valence-electron chi connectivity index (χ4n) is 3.46. The molecule has 2 aromatic rings. The van der Waals surface area contributed by atoms with E-state index in [1.54, 1.807) is 11.3 Å². The first-order chi connectivity index (χ1) is 10.3. The van der Waals surface area contributed by atoms with Crippen molar-refractivity contribution < 1.29 is 0 Å². The van der Waals surface area contributed by atoms with Crippen molar-refractivity contribution in [3.05, 3.63) is 40.9 Å². The van der Waals surface area contributed by atoms with Gasteiger partial charge in [-0.3, -0.25) is 0 Å². The molecule has 2 aliphatic rings. The number of rotatable bonds is 3. The summed E-state index contributed by atoms with van der Waals surface area (Å²) in [4.78, 5) is 2.43. The molecule has 0 amide bonds. The second kappa shape index (κ2) is 5.39. The van der Waals surface area contributed by atoms with Crippen molar-refractivity contribution in [2.24, 2.45) is 5.41 Å². The number of nitrogens with zero attached hydrogens (tertiary/aromatic N) is 3. The molecule has 1 spiro atoms. The number of nitrogens with one attached hydrogen (secondary N) is 1. The molecule has 0 bridgehead atoms. The molecule has 2 saturated heterocycles. The quantitative estimate of drug-likeness (QED) is 0.944. The van der Waals surface area contributed by atoms with Crippen LogP contribution in [-0.4, -0.2) is 36.4 Å². The van der Waals surface area contributed by atoms with Gasteiger partial charge in [0.2, 0.25) is 5.13 Å². The minimum absolute atomic E-state index is 0.491. The predicted molar refractivity (Wildman–Crippen MR) is 85.9 cm³/mol. The van der Waals surface area contributed by atoms with Crippen LogP contribution in [0.4, 0.5) is 5.13 Å². The average molecular weight is 300 g/mol. The van der Waals surface area contributed by atoms with Crippen LogP contribution in [0.15, 0.2) is 30.3 Å². The maximum atomic E-state index is 4.42. The third-order valence-corrected chi connectivity index (χ3v) is 5.68. The van der Waals surface area contributed by atoms with E-state index in [9.17, 15) is 0 Å². The number of benzene rings is 1. The molecule has 5 heteroatoms. The van der Waals surface area contributed by atoms with Crippen LogP contribution in [0.2, 0.25) is 0 Å². The Kier molecular flexibility index (Phi) is 3.39. The fourth-order valence-corrected chi connectivity index (χ4v) is 4.35. The molecule has 3 heterocycles. The van der Waals surface area contributed by atoms with Crippen molar-refractivity contribution in [1.82, 2.24) is 15.5 Å². The highest BCUT2D eigenvalue weighted by atomic mass is 32.1. The predicted octanol–water partition coefficient (Wildman–Crippen LogP) is 2.32. The van der Waals surface area contributed by atoms with Gasteiger partial charge in [-0.15, -0.1) is 10.2 Å². The van der Waals surface area contributed by atoms with Crippen LogP contribution in [0.1, 0.15) is 23.4 Å². The van der Waals surface area contributed by atoms with Gasteiger partial charge in [0, 0.05) is 31.5 Å². The summed E-state index contributed by atoms with van der Waals surface area (Å²) in [5, 5.41) is 14.5. The number of hydrogen-bond acceptors (Lipinski definition) is 5. The largest absolute Gasteiger partial charge is 0.346 e. The molecule has 0 saturated carbocycles. The van der Waals surface area contributed by atoms with E-state index in [0.29, 0.717) is 5.41 Å². The van der Waals surface area contributed by atoms with Crippen LogP contribution < -0.4 is 10.2 Å². The third kappa shape index (κ3) is 2.68. The Balaban J connectivity index is 1.45. The monoisotopic (exact) mass is 300 g/mol. The number of anilines is 1. The smallest absolute Gasteiger partial charge is 0.208 e. The Bertz CT molecular complexity index is 604. The van der Waals surface area contributed by atoms with Crippen LogP contribution in [-0.2, 0) is 6.42 Å². The van der Waals surface area contributed by atoms with Crippen molar-refractivity contribution in [2.45, 2.75) is 19.3 Å². The minimum Gasteiger partial charge on any atom is -0.346 e. The maximum absolute atomic E-state index is 4.42. The molecular weight excluding hydrogens is 280 g/mol. The summed E-state index contributed by atoms with van der Waals surface area (Å²) in [5.41, 5.74) is 1.80. The molecule has 4 rings (SSSR count). The van der Waals surface area contributed by atoms with Crippen LogP contribution in [0.5, 0.6) is 0 Å². The van der Waals surface area contributed by atoms with Crippen molar-refractivity contribution in [3.63, 3.8) is 0 Å². The standard InChI is InChI=1S/C16H20N4S/c1-2-4-13(5-3-1)10-14-18-19-15(21-14)20-9-7-16(12-20)6-8-17-11-16/h1-5,17H,6-12H2. The molecule has 110 valence electrons. The molecule has 1 aromatic heterocycles. The van der Waals surface area contributed by atoms with E-state index in [1.807, 2.05) is 6.07 Å². The van der Waals surface area contributed by atoms with Gasteiger partial charge < -0.3 is 10.2 Å². The van der Waals surface area contributed by atoms with Crippen LogP contribution in [0.3, 0.4) is 0 Å². The second-order valence-corrected chi connectivity index (χ2v) is 7.28. The molecule has 1 atom stereocenters. The third-order valence-electron chi connectivity index (χ3n) is 4.70. The summed E-state index contributed by atoms with van der Waals surface area (Å²) in [6.45, 7) is 4.60. The van der Waals surface area contributed by atoms with Gasteiger partial charge in [-0.2, -0.15) is 0 Å². The van der Waals surface area contributed by atoms with Crippen molar-refractivity contribution in [2.75, 3.05) is 31.1 Å².